The van der Waals surface area contributed by atoms with Crippen molar-refractivity contribution < 1.29 is 4.39 Å². The van der Waals surface area contributed by atoms with Crippen LogP contribution in [0.2, 0.25) is 0 Å². The highest BCUT2D eigenvalue weighted by Gasteiger charge is 2.34. The molecule has 1 aromatic rings. The van der Waals surface area contributed by atoms with Crippen molar-refractivity contribution in [2.75, 3.05) is 31.1 Å². The summed E-state index contributed by atoms with van der Waals surface area (Å²) < 4.78 is 18.2. The molecular formula is C18H30FN4PS. The Morgan fingerprint density at radius 2 is 1.68 bits per heavy atom. The highest BCUT2D eigenvalue weighted by Crippen LogP contribution is 2.51. The largest absolute Gasteiger partial charge is 0.362 e. The van der Waals surface area contributed by atoms with Gasteiger partial charge in [0.15, 0.2) is 5.11 Å². The van der Waals surface area contributed by atoms with Crippen LogP contribution in [0.1, 0.15) is 34.1 Å². The van der Waals surface area contributed by atoms with Crippen molar-refractivity contribution in [3.8, 4) is 0 Å². The van der Waals surface area contributed by atoms with Gasteiger partial charge in [-0.2, -0.15) is 0 Å². The molecule has 140 valence electrons. The molecule has 2 N–H and O–H groups in total. The minimum atomic E-state index is -0.243. The van der Waals surface area contributed by atoms with Gasteiger partial charge in [0.1, 0.15) is 5.82 Å². The molecule has 1 heterocycles. The van der Waals surface area contributed by atoms with Crippen molar-refractivity contribution in [1.82, 2.24) is 14.7 Å². The van der Waals surface area contributed by atoms with Gasteiger partial charge in [-0.25, -0.2) is 4.39 Å². The van der Waals surface area contributed by atoms with Crippen molar-refractivity contribution in [3.63, 3.8) is 0 Å². The molecule has 1 aromatic carbocycles. The lowest BCUT2D eigenvalue weighted by Crippen LogP contribution is -2.31. The fourth-order valence-electron chi connectivity index (χ4n) is 3.02. The van der Waals surface area contributed by atoms with Gasteiger partial charge in [-0.1, -0.05) is 0 Å². The Kier molecular flexibility index (Phi) is 8.01. The van der Waals surface area contributed by atoms with E-state index in [1.54, 1.807) is 12.1 Å². The van der Waals surface area contributed by atoms with E-state index in [1.807, 2.05) is 0 Å². The number of rotatable bonds is 7. The summed E-state index contributed by atoms with van der Waals surface area (Å²) in [6.45, 7) is 12.4. The van der Waals surface area contributed by atoms with E-state index in [0.29, 0.717) is 17.2 Å². The Hall–Kier alpha value is -0.810. The van der Waals surface area contributed by atoms with Crippen LogP contribution in [0.3, 0.4) is 0 Å². The van der Waals surface area contributed by atoms with E-state index in [-0.39, 0.29) is 14.0 Å². The molecule has 1 saturated heterocycles. The molecule has 0 atom stereocenters. The normalized spacial score (nSPS) is 16.8. The number of benzene rings is 1. The summed E-state index contributed by atoms with van der Waals surface area (Å²) >= 11 is 5.31. The quantitative estimate of drug-likeness (QED) is 0.417. The van der Waals surface area contributed by atoms with E-state index in [9.17, 15) is 4.39 Å². The number of anilines is 1. The number of halogens is 1. The average molecular weight is 385 g/mol. The highest BCUT2D eigenvalue weighted by atomic mass is 32.1. The summed E-state index contributed by atoms with van der Waals surface area (Å²) in [5, 5.41) is 6.94. The molecule has 0 bridgehead atoms. The smallest absolute Gasteiger partial charge is 0.170 e. The van der Waals surface area contributed by atoms with Crippen LogP contribution in [0.5, 0.6) is 0 Å². The van der Waals surface area contributed by atoms with Gasteiger partial charge in [0.2, 0.25) is 0 Å². The van der Waals surface area contributed by atoms with Crippen molar-refractivity contribution in [2.24, 2.45) is 0 Å². The molecule has 1 aliphatic rings. The molecule has 1 aliphatic heterocycles. The standard InChI is InChI=1S/C18H30FN4PS/c1-14(2)22-11-12-23(15(3)4)24(22)13-5-10-20-18(25)21-17-8-6-16(19)7-9-17/h6-9,14-15H,5,10-13H2,1-4H3,(H2,20,21,25). The SMILES string of the molecule is CC(C)N1CCN(C(C)C)P1CCCNC(=S)Nc1ccc(F)cc1. The summed E-state index contributed by atoms with van der Waals surface area (Å²) in [5.74, 6) is -0.243. The maximum atomic E-state index is 12.9. The third kappa shape index (κ3) is 6.14. The molecule has 0 radical (unpaired) electrons. The number of hydrogen-bond donors (Lipinski definition) is 2. The van der Waals surface area contributed by atoms with Crippen LogP contribution in [0.25, 0.3) is 0 Å². The second-order valence-corrected chi connectivity index (χ2v) is 9.48. The topological polar surface area (TPSA) is 30.5 Å². The van der Waals surface area contributed by atoms with E-state index in [1.165, 1.54) is 31.4 Å². The molecule has 0 unspecified atom stereocenters. The summed E-state index contributed by atoms with van der Waals surface area (Å²) in [5.41, 5.74) is 0.802. The summed E-state index contributed by atoms with van der Waals surface area (Å²) in [6, 6.07) is 7.43. The van der Waals surface area contributed by atoms with Crippen LogP contribution >= 0.6 is 20.4 Å². The number of hydrogen-bond acceptors (Lipinski definition) is 3. The van der Waals surface area contributed by atoms with Crippen LogP contribution in [0.4, 0.5) is 10.1 Å². The fourth-order valence-corrected chi connectivity index (χ4v) is 6.20. The van der Waals surface area contributed by atoms with Gasteiger partial charge in [-0.3, -0.25) is 9.34 Å². The molecule has 25 heavy (non-hydrogen) atoms. The summed E-state index contributed by atoms with van der Waals surface area (Å²) in [6.07, 6.45) is 2.28. The molecule has 2 rings (SSSR count). The molecule has 0 aliphatic carbocycles. The fraction of sp³-hybridized carbons (Fsp3) is 0.611. The van der Waals surface area contributed by atoms with Gasteiger partial charge in [0.25, 0.3) is 0 Å². The van der Waals surface area contributed by atoms with Gasteiger partial charge >= 0.3 is 0 Å². The van der Waals surface area contributed by atoms with E-state index < -0.39 is 0 Å². The van der Waals surface area contributed by atoms with Crippen molar-refractivity contribution in [3.05, 3.63) is 30.1 Å². The van der Waals surface area contributed by atoms with Gasteiger partial charge < -0.3 is 10.6 Å². The van der Waals surface area contributed by atoms with E-state index in [0.717, 1.165) is 18.7 Å². The first-order valence-electron chi connectivity index (χ1n) is 8.99. The molecule has 7 heteroatoms. The van der Waals surface area contributed by atoms with E-state index in [4.69, 9.17) is 12.2 Å². The Morgan fingerprint density at radius 1 is 1.12 bits per heavy atom. The van der Waals surface area contributed by atoms with Gasteiger partial charge in [-0.05, 0) is 76.8 Å². The first-order valence-corrected chi connectivity index (χ1v) is 10.8. The zero-order chi connectivity index (χ0) is 18.4. The first-order chi connectivity index (χ1) is 11.9. The number of nitrogens with zero attached hydrogens (tertiary/aromatic N) is 2. The van der Waals surface area contributed by atoms with E-state index in [2.05, 4.69) is 47.7 Å². The first kappa shape index (κ1) is 20.5. The lowest BCUT2D eigenvalue weighted by Gasteiger charge is -2.34. The predicted octanol–water partition coefficient (Wildman–Crippen LogP) is 4.25. The Morgan fingerprint density at radius 3 is 2.20 bits per heavy atom. The molecule has 0 saturated carbocycles. The van der Waals surface area contributed by atoms with Crippen LogP contribution in [-0.4, -0.2) is 52.3 Å². The van der Waals surface area contributed by atoms with Crippen LogP contribution < -0.4 is 10.6 Å². The minimum Gasteiger partial charge on any atom is -0.362 e. The van der Waals surface area contributed by atoms with Gasteiger partial charge in [0.05, 0.1) is 0 Å². The summed E-state index contributed by atoms with van der Waals surface area (Å²) in [4.78, 5) is 0. The predicted molar refractivity (Wildman–Crippen MR) is 111 cm³/mol. The lowest BCUT2D eigenvalue weighted by atomic mass is 10.3. The van der Waals surface area contributed by atoms with Crippen molar-refractivity contribution >= 4 is 31.2 Å². The number of nitrogens with one attached hydrogen (secondary N) is 2. The van der Waals surface area contributed by atoms with E-state index >= 15 is 0 Å². The highest BCUT2D eigenvalue weighted by molar-refractivity contribution is 7.80. The minimum absolute atomic E-state index is 0.212. The zero-order valence-corrected chi connectivity index (χ0v) is 17.3. The van der Waals surface area contributed by atoms with Crippen molar-refractivity contribution in [1.29, 1.82) is 0 Å². The summed E-state index contributed by atoms with van der Waals surface area (Å²) in [7, 11) is -0.212. The molecular weight excluding hydrogens is 354 g/mol. The second kappa shape index (κ2) is 9.77. The average Bonchev–Trinajstić information content (AvgIpc) is 2.98. The third-order valence-corrected chi connectivity index (χ3v) is 7.74. The van der Waals surface area contributed by atoms with Crippen LogP contribution in [-0.2, 0) is 0 Å². The zero-order valence-electron chi connectivity index (χ0n) is 15.6. The Bertz CT molecular complexity index is 537. The van der Waals surface area contributed by atoms with Gasteiger partial charge in [-0.15, -0.1) is 0 Å². The Balaban J connectivity index is 1.75. The van der Waals surface area contributed by atoms with Crippen molar-refractivity contribution in [2.45, 2.75) is 46.2 Å². The van der Waals surface area contributed by atoms with Crippen LogP contribution in [0.15, 0.2) is 24.3 Å². The third-order valence-electron chi connectivity index (χ3n) is 4.27. The number of thiocarbonyl (C=S) groups is 1. The maximum absolute atomic E-state index is 12.9. The van der Waals surface area contributed by atoms with Gasteiger partial charge in [0, 0.05) is 45.6 Å². The maximum Gasteiger partial charge on any atom is 0.170 e. The molecule has 0 aromatic heterocycles. The molecule has 0 spiro atoms. The monoisotopic (exact) mass is 384 g/mol. The Labute approximate surface area is 158 Å². The molecule has 4 nitrogen and oxygen atoms in total. The molecule has 0 amide bonds. The lowest BCUT2D eigenvalue weighted by molar-refractivity contribution is 0.390. The second-order valence-electron chi connectivity index (χ2n) is 6.85. The van der Waals surface area contributed by atoms with Crippen LogP contribution in [0, 0.1) is 5.82 Å². The molecule has 1 fully saturated rings.